The van der Waals surface area contributed by atoms with E-state index in [-0.39, 0.29) is 17.6 Å². The highest BCUT2D eigenvalue weighted by atomic mass is 19.1. The summed E-state index contributed by atoms with van der Waals surface area (Å²) in [7, 11) is 0. The van der Waals surface area contributed by atoms with Crippen LogP contribution in [-0.2, 0) is 0 Å². The minimum absolute atomic E-state index is 0.143. The van der Waals surface area contributed by atoms with E-state index < -0.39 is 0 Å². The van der Waals surface area contributed by atoms with Gasteiger partial charge in [0.1, 0.15) is 11.6 Å². The van der Waals surface area contributed by atoms with Crippen molar-refractivity contribution in [1.29, 1.82) is 0 Å². The summed E-state index contributed by atoms with van der Waals surface area (Å²) in [4.78, 5) is 4.44. The van der Waals surface area contributed by atoms with E-state index in [4.69, 9.17) is 0 Å². The second-order valence-corrected chi connectivity index (χ2v) is 19.0. The molecule has 15 rings (SSSR count). The van der Waals surface area contributed by atoms with Crippen molar-refractivity contribution in [2.24, 2.45) is 0 Å². The molecule has 340 valence electrons. The normalized spacial score (nSPS) is 13.7. The zero-order valence-electron chi connectivity index (χ0n) is 38.8. The van der Waals surface area contributed by atoms with Crippen LogP contribution in [0.25, 0.3) is 83.0 Å². The first kappa shape index (κ1) is 40.6. The Labute approximate surface area is 414 Å². The van der Waals surface area contributed by atoms with E-state index >= 15 is 0 Å². The molecule has 0 N–H and O–H groups in total. The fourth-order valence-electron chi connectivity index (χ4n) is 12.3. The predicted molar refractivity (Wildman–Crippen MR) is 294 cm³/mol. The molecule has 3 aromatic heterocycles. The van der Waals surface area contributed by atoms with Crippen molar-refractivity contribution >= 4 is 89.2 Å². The van der Waals surface area contributed by atoms with Crippen LogP contribution in [0, 0.1) is 11.6 Å². The summed E-state index contributed by atoms with van der Waals surface area (Å²) in [5, 5.41) is 5.97. The molecule has 0 saturated heterocycles. The van der Waals surface area contributed by atoms with Gasteiger partial charge in [0.05, 0.1) is 27.8 Å². The van der Waals surface area contributed by atoms with E-state index in [2.05, 4.69) is 183 Å². The molecule has 0 bridgehead atoms. The molecule has 4 heterocycles. The highest BCUT2D eigenvalue weighted by Crippen LogP contribution is 2.58. The maximum absolute atomic E-state index is 14.5. The van der Waals surface area contributed by atoms with Crippen molar-refractivity contribution < 1.29 is 8.78 Å². The number of para-hydroxylation sites is 3. The number of hydrogen-bond donors (Lipinski definition) is 0. The Morgan fingerprint density at radius 2 is 0.931 bits per heavy atom. The minimum atomic E-state index is -0.272. The highest BCUT2D eigenvalue weighted by molar-refractivity contribution is 6.34. The van der Waals surface area contributed by atoms with Crippen molar-refractivity contribution in [2.75, 3.05) is 9.80 Å². The van der Waals surface area contributed by atoms with Crippen molar-refractivity contribution in [2.45, 2.75) is 12.3 Å². The molecule has 0 saturated carbocycles. The molecule has 2 aliphatic rings. The first-order chi connectivity index (χ1) is 35.6. The average molecular weight is 929 g/mol. The average Bonchev–Trinajstić information content (AvgIpc) is 4.18. The lowest BCUT2D eigenvalue weighted by Crippen LogP contribution is -2.10. The number of halogens is 2. The van der Waals surface area contributed by atoms with Gasteiger partial charge < -0.3 is 18.8 Å². The van der Waals surface area contributed by atoms with Crippen LogP contribution in [0.2, 0.25) is 0 Å². The maximum atomic E-state index is 14.5. The van der Waals surface area contributed by atoms with Crippen LogP contribution >= 0.6 is 0 Å². The number of aromatic nitrogens is 2. The lowest BCUT2D eigenvalue weighted by Gasteiger charge is -2.26. The molecule has 1 aliphatic carbocycles. The summed E-state index contributed by atoms with van der Waals surface area (Å²) < 4.78 is 34.2. The van der Waals surface area contributed by atoms with Crippen LogP contribution in [0.4, 0.5) is 42.9 Å². The molecule has 1 unspecified atom stereocenters. The number of fused-ring (bicyclic) bond motifs is 12. The molecule has 0 amide bonds. The van der Waals surface area contributed by atoms with Gasteiger partial charge in [0.2, 0.25) is 0 Å². The van der Waals surface area contributed by atoms with Crippen molar-refractivity contribution in [3.8, 4) is 27.9 Å². The Hall–Kier alpha value is -9.26. The molecule has 13 aromatic rings. The van der Waals surface area contributed by atoms with E-state index in [1.54, 1.807) is 0 Å². The van der Waals surface area contributed by atoms with Crippen LogP contribution in [0.3, 0.4) is 0 Å². The quantitative estimate of drug-likeness (QED) is 0.151. The van der Waals surface area contributed by atoms with Gasteiger partial charge in [0.15, 0.2) is 0 Å². The lowest BCUT2D eigenvalue weighted by molar-refractivity contribution is 0.627. The smallest absolute Gasteiger partial charge is 0.123 e. The topological polar surface area (TPSA) is 15.8 Å². The molecule has 4 nitrogen and oxygen atoms in total. The fraction of sp³-hybridized carbons (Fsp3) is 0.0303. The Kier molecular flexibility index (Phi) is 8.81. The molecule has 6 heteroatoms. The van der Waals surface area contributed by atoms with E-state index in [0.717, 1.165) is 68.4 Å². The number of anilines is 6. The van der Waals surface area contributed by atoms with Crippen molar-refractivity contribution in [1.82, 2.24) is 8.97 Å². The third kappa shape index (κ3) is 5.84. The summed E-state index contributed by atoms with van der Waals surface area (Å²) in [5.41, 5.74) is 20.0. The van der Waals surface area contributed by atoms with Gasteiger partial charge >= 0.3 is 0 Å². The zero-order valence-corrected chi connectivity index (χ0v) is 38.8. The molecular formula is C66H42F2N4. The maximum Gasteiger partial charge on any atom is 0.123 e. The monoisotopic (exact) mass is 928 g/mol. The minimum Gasteiger partial charge on any atom is -0.311 e. The van der Waals surface area contributed by atoms with Crippen molar-refractivity contribution in [3.63, 3.8) is 0 Å². The number of rotatable bonds is 8. The standard InChI is InChI=1S/C66H42F2N4/c67-43-27-31-47(32-28-43)69(45-19-9-3-10-20-45)49-35-37-51-54-24-14-26-56-62-60(42-17-7-2-8-18-42)66-61(59(41-15-5-1-6-16-41)65(62)71(64(54)56)57(51)39-49)55-25-13-23-53-52-38-36-50(40-58(52)72(66)63(53)55)70(46-21-11-4-12-22-46)48-33-29-44(68)30-34-48/h1-23,25-40,54H,24H2. The summed E-state index contributed by atoms with van der Waals surface area (Å²) in [6.45, 7) is 0. The molecule has 0 fully saturated rings. The highest BCUT2D eigenvalue weighted by Gasteiger charge is 2.39. The Morgan fingerprint density at radius 1 is 0.417 bits per heavy atom. The molecule has 1 aliphatic heterocycles. The van der Waals surface area contributed by atoms with E-state index in [9.17, 15) is 8.78 Å². The SMILES string of the molecule is Fc1ccc(N(c2ccccc2)c2ccc3c(c2)-n2c4c(c5c(-c6ccccc6)c6c(c(-c7ccccc7)c52)c2cccc5c7ccc(N(c8ccccc8)c8ccc(F)cc8)cc7n6c52)C=CCC34)cc1. The molecule has 0 spiro atoms. The van der Waals surface area contributed by atoms with Gasteiger partial charge in [-0.3, -0.25) is 0 Å². The summed E-state index contributed by atoms with van der Waals surface area (Å²) in [5.74, 6) is -0.397. The second-order valence-electron chi connectivity index (χ2n) is 19.0. The number of hydrogen-bond acceptors (Lipinski definition) is 2. The summed E-state index contributed by atoms with van der Waals surface area (Å²) in [6.07, 6.45) is 5.64. The third-order valence-electron chi connectivity index (χ3n) is 15.2. The fourth-order valence-corrected chi connectivity index (χ4v) is 12.3. The zero-order chi connectivity index (χ0) is 47.6. The van der Waals surface area contributed by atoms with Gasteiger partial charge in [-0.1, -0.05) is 140 Å². The van der Waals surface area contributed by atoms with Crippen LogP contribution in [0.5, 0.6) is 0 Å². The molecule has 10 aromatic carbocycles. The van der Waals surface area contributed by atoms with E-state index in [1.807, 2.05) is 48.5 Å². The van der Waals surface area contributed by atoms with Gasteiger partial charge in [-0.2, -0.15) is 0 Å². The van der Waals surface area contributed by atoms with Gasteiger partial charge in [-0.25, -0.2) is 8.78 Å². The Morgan fingerprint density at radius 3 is 1.54 bits per heavy atom. The Bertz CT molecular complexity index is 4290. The third-order valence-corrected chi connectivity index (χ3v) is 15.2. The number of allylic oxidation sites excluding steroid dienone is 1. The summed E-state index contributed by atoms with van der Waals surface area (Å²) in [6, 6.07) is 76.7. The van der Waals surface area contributed by atoms with Gasteiger partial charge in [-0.15, -0.1) is 0 Å². The second kappa shape index (κ2) is 15.6. The van der Waals surface area contributed by atoms with Crippen LogP contribution < -0.4 is 9.80 Å². The molecular weight excluding hydrogens is 887 g/mol. The lowest BCUT2D eigenvalue weighted by atomic mass is 9.84. The van der Waals surface area contributed by atoms with Gasteiger partial charge in [-0.05, 0) is 120 Å². The number of benzene rings is 10. The van der Waals surface area contributed by atoms with Gasteiger partial charge in [0.25, 0.3) is 0 Å². The Balaban J connectivity index is 1.10. The van der Waals surface area contributed by atoms with Crippen LogP contribution in [0.15, 0.2) is 231 Å². The largest absolute Gasteiger partial charge is 0.311 e. The number of nitrogens with zero attached hydrogens (tertiary/aromatic N) is 4. The summed E-state index contributed by atoms with van der Waals surface area (Å²) >= 11 is 0. The molecule has 72 heavy (non-hydrogen) atoms. The molecule has 1 atom stereocenters. The first-order valence-corrected chi connectivity index (χ1v) is 24.6. The predicted octanol–water partition coefficient (Wildman–Crippen LogP) is 18.2. The molecule has 0 radical (unpaired) electrons. The first-order valence-electron chi connectivity index (χ1n) is 24.6. The van der Waals surface area contributed by atoms with E-state index in [0.29, 0.717) is 0 Å². The van der Waals surface area contributed by atoms with Gasteiger partial charge in [0, 0.05) is 89.4 Å². The van der Waals surface area contributed by atoms with Crippen molar-refractivity contribution in [3.05, 3.63) is 259 Å². The van der Waals surface area contributed by atoms with Crippen LogP contribution in [-0.4, -0.2) is 8.97 Å². The van der Waals surface area contributed by atoms with E-state index in [1.165, 1.54) is 90.2 Å². The van der Waals surface area contributed by atoms with Crippen LogP contribution in [0.1, 0.15) is 29.2 Å².